The van der Waals surface area contributed by atoms with E-state index in [2.05, 4.69) is 17.2 Å². The Morgan fingerprint density at radius 1 is 1.36 bits per heavy atom. The number of hydrogen-bond donors (Lipinski definition) is 3. The number of benzene rings is 1. The van der Waals surface area contributed by atoms with Gasteiger partial charge in [-0.25, -0.2) is 9.48 Å². The van der Waals surface area contributed by atoms with Gasteiger partial charge in [-0.05, 0) is 38.2 Å². The maximum atomic E-state index is 11.1. The third-order valence-electron chi connectivity index (χ3n) is 4.19. The first-order chi connectivity index (χ1) is 11.9. The monoisotopic (exact) mass is 346 g/mol. The quantitative estimate of drug-likeness (QED) is 0.679. The lowest BCUT2D eigenvalue weighted by atomic mass is 10.0. The van der Waals surface area contributed by atoms with Crippen LogP contribution in [-0.2, 0) is 12.8 Å². The van der Waals surface area contributed by atoms with Gasteiger partial charge in [0, 0.05) is 0 Å². The minimum Gasteiger partial charge on any atom is -0.405 e. The predicted molar refractivity (Wildman–Crippen MR) is 96.3 cm³/mol. The molecule has 0 saturated heterocycles. The Morgan fingerprint density at radius 3 is 2.60 bits per heavy atom. The number of nitrogens with zero attached hydrogens (tertiary/aromatic N) is 2. The zero-order valence-corrected chi connectivity index (χ0v) is 14.7. The summed E-state index contributed by atoms with van der Waals surface area (Å²) in [6, 6.07) is 9.85. The molecule has 2 rings (SSSR count). The third-order valence-corrected chi connectivity index (χ3v) is 4.19. The largest absolute Gasteiger partial charge is 0.410 e. The van der Waals surface area contributed by atoms with Crippen molar-refractivity contribution in [3.63, 3.8) is 0 Å². The molecule has 0 aliphatic rings. The van der Waals surface area contributed by atoms with Crippen LogP contribution in [0.1, 0.15) is 44.0 Å². The van der Waals surface area contributed by atoms with Gasteiger partial charge in [-0.3, -0.25) is 0 Å². The predicted octanol–water partition coefficient (Wildman–Crippen LogP) is 2.43. The second-order valence-electron chi connectivity index (χ2n) is 6.07. The van der Waals surface area contributed by atoms with Crippen molar-refractivity contribution in [3.05, 3.63) is 41.6 Å². The van der Waals surface area contributed by atoms with Gasteiger partial charge < -0.3 is 21.3 Å². The van der Waals surface area contributed by atoms with Crippen LogP contribution in [0.15, 0.2) is 30.3 Å². The summed E-state index contributed by atoms with van der Waals surface area (Å²) in [6.07, 6.45) is 1.42. The Kier molecular flexibility index (Phi) is 6.41. The minimum absolute atomic E-state index is 0.184. The van der Waals surface area contributed by atoms with Crippen LogP contribution >= 0.6 is 0 Å². The van der Waals surface area contributed by atoms with Crippen molar-refractivity contribution < 1.29 is 14.6 Å². The van der Waals surface area contributed by atoms with Gasteiger partial charge in [-0.1, -0.05) is 37.3 Å². The molecular weight excluding hydrogens is 320 g/mol. The average molecular weight is 346 g/mol. The first-order valence-corrected chi connectivity index (χ1v) is 8.50. The van der Waals surface area contributed by atoms with E-state index in [1.165, 1.54) is 5.56 Å². The fourth-order valence-corrected chi connectivity index (χ4v) is 2.90. The zero-order chi connectivity index (χ0) is 18.4. The summed E-state index contributed by atoms with van der Waals surface area (Å²) in [5.41, 5.74) is 13.0. The van der Waals surface area contributed by atoms with E-state index in [9.17, 15) is 9.90 Å². The van der Waals surface area contributed by atoms with Crippen LogP contribution in [0.25, 0.3) is 0 Å². The molecule has 1 aromatic carbocycles. The number of aliphatic hydroxyl groups excluding tert-OH is 1. The maximum absolute atomic E-state index is 11.1. The number of amides is 1. The summed E-state index contributed by atoms with van der Waals surface area (Å²) in [4.78, 5) is 11.1. The van der Waals surface area contributed by atoms with Crippen LogP contribution < -0.4 is 16.2 Å². The lowest BCUT2D eigenvalue weighted by Crippen LogP contribution is -2.24. The third kappa shape index (κ3) is 4.73. The molecule has 0 radical (unpaired) electrons. The number of carbonyl (C=O) groups excluding carboxylic acids is 1. The van der Waals surface area contributed by atoms with Crippen LogP contribution in [0.3, 0.4) is 0 Å². The number of carbonyl (C=O) groups is 1. The summed E-state index contributed by atoms with van der Waals surface area (Å²) < 4.78 is 6.55. The molecule has 5 N–H and O–H groups in total. The molecule has 0 bridgehead atoms. The van der Waals surface area contributed by atoms with Gasteiger partial charge in [0.2, 0.25) is 0 Å². The Bertz CT molecular complexity index is 698. The van der Waals surface area contributed by atoms with Crippen molar-refractivity contribution >= 4 is 11.9 Å². The van der Waals surface area contributed by atoms with Crippen LogP contribution in [0.2, 0.25) is 0 Å². The smallest absolute Gasteiger partial charge is 0.405 e. The number of aromatic nitrogens is 2. The van der Waals surface area contributed by atoms with E-state index in [1.54, 1.807) is 11.6 Å². The van der Waals surface area contributed by atoms with E-state index >= 15 is 0 Å². The van der Waals surface area contributed by atoms with Gasteiger partial charge in [0.25, 0.3) is 0 Å². The van der Waals surface area contributed by atoms with E-state index in [-0.39, 0.29) is 17.6 Å². The van der Waals surface area contributed by atoms with E-state index in [4.69, 9.17) is 16.2 Å². The highest BCUT2D eigenvalue weighted by molar-refractivity contribution is 5.71. The number of anilines is 1. The standard InChI is InChI=1S/C18H26N4O3/c1-3-14-16(25-18(20)24)17(19)22(21-14)15(12(2)23)11-7-10-13-8-5-4-6-9-13/h4-6,8-9,12,15,23H,3,7,10-11,19H2,1-2H3,(H2,20,24). The molecule has 7 heteroatoms. The maximum Gasteiger partial charge on any atom is 0.410 e. The van der Waals surface area contributed by atoms with Crippen molar-refractivity contribution in [1.82, 2.24) is 9.78 Å². The van der Waals surface area contributed by atoms with Crippen molar-refractivity contribution in [3.8, 4) is 5.75 Å². The highest BCUT2D eigenvalue weighted by Crippen LogP contribution is 2.32. The molecule has 25 heavy (non-hydrogen) atoms. The molecule has 0 saturated carbocycles. The molecule has 1 amide bonds. The first-order valence-electron chi connectivity index (χ1n) is 8.50. The molecule has 0 aliphatic carbocycles. The topological polar surface area (TPSA) is 116 Å². The van der Waals surface area contributed by atoms with Crippen LogP contribution in [0.5, 0.6) is 5.75 Å². The van der Waals surface area contributed by atoms with Gasteiger partial charge >= 0.3 is 6.09 Å². The normalized spacial score (nSPS) is 13.4. The fraction of sp³-hybridized carbons (Fsp3) is 0.444. The Hall–Kier alpha value is -2.54. The molecule has 1 heterocycles. The second-order valence-corrected chi connectivity index (χ2v) is 6.07. The highest BCUT2D eigenvalue weighted by Gasteiger charge is 2.25. The number of aryl methyl sites for hydroxylation is 2. The molecule has 0 aliphatic heterocycles. The number of aliphatic hydroxyl groups is 1. The van der Waals surface area contributed by atoms with Crippen LogP contribution in [0.4, 0.5) is 10.6 Å². The molecule has 0 fully saturated rings. The zero-order valence-electron chi connectivity index (χ0n) is 14.7. The second kappa shape index (κ2) is 8.53. The minimum atomic E-state index is -0.932. The SMILES string of the molecule is CCc1nn(C(CCCc2ccccc2)C(C)O)c(N)c1OC(N)=O. The number of primary amides is 1. The van der Waals surface area contributed by atoms with Crippen molar-refractivity contribution in [2.45, 2.75) is 51.7 Å². The number of nitrogens with two attached hydrogens (primary N) is 2. The van der Waals surface area contributed by atoms with E-state index < -0.39 is 12.2 Å². The number of ether oxygens (including phenoxy) is 1. The van der Waals surface area contributed by atoms with E-state index in [1.807, 2.05) is 25.1 Å². The molecule has 2 unspecified atom stereocenters. The number of hydrogen-bond acceptors (Lipinski definition) is 5. The van der Waals surface area contributed by atoms with E-state index in [0.717, 1.165) is 12.8 Å². The van der Waals surface area contributed by atoms with Crippen LogP contribution in [0, 0.1) is 0 Å². The molecule has 0 spiro atoms. The molecule has 136 valence electrons. The molecular formula is C18H26N4O3. The van der Waals surface area contributed by atoms with Gasteiger partial charge in [0.1, 0.15) is 5.69 Å². The van der Waals surface area contributed by atoms with Gasteiger partial charge in [-0.15, -0.1) is 0 Å². The fourth-order valence-electron chi connectivity index (χ4n) is 2.90. The van der Waals surface area contributed by atoms with Crippen LogP contribution in [-0.4, -0.2) is 27.1 Å². The van der Waals surface area contributed by atoms with Crippen molar-refractivity contribution in [2.75, 3.05) is 5.73 Å². The van der Waals surface area contributed by atoms with E-state index in [0.29, 0.717) is 18.5 Å². The molecule has 2 aromatic rings. The molecule has 7 nitrogen and oxygen atoms in total. The van der Waals surface area contributed by atoms with Gasteiger partial charge in [0.05, 0.1) is 12.1 Å². The number of rotatable bonds is 8. The summed E-state index contributed by atoms with van der Waals surface area (Å²) in [6.45, 7) is 3.58. The molecule has 1 aromatic heterocycles. The summed E-state index contributed by atoms with van der Waals surface area (Å²) in [7, 11) is 0. The van der Waals surface area contributed by atoms with Gasteiger partial charge in [-0.2, -0.15) is 5.10 Å². The average Bonchev–Trinajstić information content (AvgIpc) is 2.88. The lowest BCUT2D eigenvalue weighted by molar-refractivity contribution is 0.117. The Morgan fingerprint density at radius 2 is 2.04 bits per heavy atom. The lowest BCUT2D eigenvalue weighted by Gasteiger charge is -2.21. The van der Waals surface area contributed by atoms with Crippen molar-refractivity contribution in [2.24, 2.45) is 5.73 Å². The number of nitrogen functional groups attached to an aromatic ring is 1. The first kappa shape index (κ1) is 18.8. The van der Waals surface area contributed by atoms with Crippen molar-refractivity contribution in [1.29, 1.82) is 0 Å². The summed E-state index contributed by atoms with van der Waals surface area (Å²) >= 11 is 0. The Labute approximate surface area is 147 Å². The molecule has 2 atom stereocenters. The Balaban J connectivity index is 2.16. The summed E-state index contributed by atoms with van der Waals surface area (Å²) in [5, 5.41) is 14.6. The van der Waals surface area contributed by atoms with Gasteiger partial charge in [0.15, 0.2) is 11.6 Å². The summed E-state index contributed by atoms with van der Waals surface area (Å²) in [5.74, 6) is 0.393. The highest BCUT2D eigenvalue weighted by atomic mass is 16.5.